The van der Waals surface area contributed by atoms with Gasteiger partial charge < -0.3 is 4.42 Å². The minimum Gasteiger partial charge on any atom is -0.455 e. The summed E-state index contributed by atoms with van der Waals surface area (Å²) < 4.78 is 7.18. The third kappa shape index (κ3) is 5.85. The summed E-state index contributed by atoms with van der Waals surface area (Å²) in [5.41, 5.74) is 31.3. The third-order valence-electron chi connectivity index (χ3n) is 19.5. The van der Waals surface area contributed by atoms with E-state index in [1.807, 2.05) is 0 Å². The van der Waals surface area contributed by atoms with Crippen molar-refractivity contribution in [3.8, 4) is 89.0 Å². The lowest BCUT2D eigenvalue weighted by Crippen LogP contribution is -2.25. The van der Waals surface area contributed by atoms with Crippen molar-refractivity contribution in [3.05, 3.63) is 336 Å². The molecule has 0 radical (unpaired) electrons. The van der Waals surface area contributed by atoms with E-state index >= 15 is 0 Å². The van der Waals surface area contributed by atoms with Crippen LogP contribution in [-0.2, 0) is 10.8 Å². The van der Waals surface area contributed by atoms with Crippen molar-refractivity contribution >= 4 is 43.5 Å². The highest BCUT2D eigenvalue weighted by atomic mass is 16.3. The van der Waals surface area contributed by atoms with Crippen molar-refractivity contribution < 1.29 is 4.42 Å². The van der Waals surface area contributed by atoms with Crippen LogP contribution in [0.5, 0.6) is 0 Å². The van der Waals surface area contributed by atoms with Crippen LogP contribution >= 0.6 is 0 Å². The number of rotatable bonds is 4. The van der Waals surface area contributed by atoms with Crippen molar-refractivity contribution in [2.45, 2.75) is 10.8 Å². The zero-order valence-electron chi connectivity index (χ0n) is 45.1. The van der Waals surface area contributed by atoms with Crippen LogP contribution < -0.4 is 0 Å². The molecular weight excluding hydrogens is 1000 g/mol. The quantitative estimate of drug-likeness (QED) is 0.160. The minimum atomic E-state index is -0.458. The highest BCUT2D eigenvalue weighted by Gasteiger charge is 2.53. The molecule has 0 saturated heterocycles. The first-order chi connectivity index (χ1) is 41.1. The van der Waals surface area contributed by atoms with Crippen LogP contribution in [0.4, 0.5) is 0 Å². The molecule has 0 N–H and O–H groups in total. The molecule has 0 bridgehead atoms. The molecule has 1 heteroatoms. The fourth-order valence-corrected chi connectivity index (χ4v) is 16.1. The lowest BCUT2D eigenvalue weighted by atomic mass is 9.70. The Morgan fingerprint density at radius 3 is 1.06 bits per heavy atom. The van der Waals surface area contributed by atoms with Gasteiger partial charge in [-0.3, -0.25) is 0 Å². The predicted molar refractivity (Wildman–Crippen MR) is 343 cm³/mol. The Morgan fingerprint density at radius 1 is 0.193 bits per heavy atom. The number of benzene rings is 14. The van der Waals surface area contributed by atoms with Gasteiger partial charge in [-0.2, -0.15) is 0 Å². The fraction of sp³-hybridized carbons (Fsp3) is 0.0244. The van der Waals surface area contributed by atoms with Gasteiger partial charge in [-0.25, -0.2) is 0 Å². The second kappa shape index (κ2) is 16.5. The summed E-state index contributed by atoms with van der Waals surface area (Å²) >= 11 is 0. The maximum atomic E-state index is 7.18. The van der Waals surface area contributed by atoms with Crippen molar-refractivity contribution in [2.75, 3.05) is 0 Å². The molecule has 1 nitrogen and oxygen atoms in total. The molecule has 19 rings (SSSR count). The molecule has 1 heterocycles. The van der Waals surface area contributed by atoms with Gasteiger partial charge in [0.25, 0.3) is 0 Å². The van der Waals surface area contributed by atoms with E-state index in [1.54, 1.807) is 0 Å². The normalized spacial score (nSPS) is 14.0. The predicted octanol–water partition coefficient (Wildman–Crippen LogP) is 21.2. The molecule has 2 spiro atoms. The van der Waals surface area contributed by atoms with Crippen LogP contribution in [-0.4, -0.2) is 0 Å². The summed E-state index contributed by atoms with van der Waals surface area (Å²) in [6, 6.07) is 110. The first kappa shape index (κ1) is 45.2. The molecular formula is C82H48O. The van der Waals surface area contributed by atoms with E-state index < -0.39 is 10.8 Å². The molecule has 0 unspecified atom stereocenters. The van der Waals surface area contributed by atoms with E-state index in [0.717, 1.165) is 44.2 Å². The smallest absolute Gasteiger partial charge is 0.143 e. The second-order valence-electron chi connectivity index (χ2n) is 23.3. The Hall–Kier alpha value is -10.6. The molecule has 0 atom stereocenters. The van der Waals surface area contributed by atoms with E-state index in [9.17, 15) is 0 Å². The molecule has 4 aliphatic carbocycles. The van der Waals surface area contributed by atoms with Gasteiger partial charge in [0.15, 0.2) is 0 Å². The summed E-state index contributed by atoms with van der Waals surface area (Å²) in [7, 11) is 0. The third-order valence-corrected chi connectivity index (χ3v) is 19.5. The molecule has 15 aromatic rings. The standard InChI is InChI=1S/C82H48O/c1-2-18-56-54(17-1)44-67(58-20-4-3-19-57(56)58)49-33-35-50(36-34-49)68-45-55(53-38-41-66-64-26-10-16-32-76(64)82(78(66)48-53)73-29-13-7-23-61(73)62-24-8-14-30-74(62)82)46-70-69-43-51(39-42-79(69)83-80(68)70)52-37-40-65-63-25-9-15-31-75(63)81(77(65)47-52)71-27-11-5-21-59(71)60-22-6-12-28-72(60)81/h1-48H. The summed E-state index contributed by atoms with van der Waals surface area (Å²) in [4.78, 5) is 0. The highest BCUT2D eigenvalue weighted by molar-refractivity contribution is 6.15. The van der Waals surface area contributed by atoms with Gasteiger partial charge in [-0.05, 0) is 192 Å². The van der Waals surface area contributed by atoms with Crippen molar-refractivity contribution in [1.82, 2.24) is 0 Å². The topological polar surface area (TPSA) is 13.1 Å². The molecule has 382 valence electrons. The average Bonchev–Trinajstić information content (AvgIpc) is 1.61. The van der Waals surface area contributed by atoms with Gasteiger partial charge in [-0.15, -0.1) is 0 Å². The van der Waals surface area contributed by atoms with E-state index in [1.165, 1.54) is 133 Å². The maximum Gasteiger partial charge on any atom is 0.143 e. The second-order valence-corrected chi connectivity index (χ2v) is 23.3. The summed E-state index contributed by atoms with van der Waals surface area (Å²) in [6.07, 6.45) is 0. The number of fused-ring (bicyclic) bond motifs is 26. The van der Waals surface area contributed by atoms with Gasteiger partial charge in [0.2, 0.25) is 0 Å². The number of hydrogen-bond acceptors (Lipinski definition) is 1. The largest absolute Gasteiger partial charge is 0.455 e. The molecule has 0 amide bonds. The summed E-state index contributed by atoms with van der Waals surface area (Å²) in [6.45, 7) is 0. The molecule has 0 fully saturated rings. The van der Waals surface area contributed by atoms with Gasteiger partial charge in [0.1, 0.15) is 11.2 Å². The highest BCUT2D eigenvalue weighted by Crippen LogP contribution is 2.65. The Bertz CT molecular complexity index is 5210. The lowest BCUT2D eigenvalue weighted by Gasteiger charge is -2.30. The van der Waals surface area contributed by atoms with E-state index in [-0.39, 0.29) is 0 Å². The summed E-state index contributed by atoms with van der Waals surface area (Å²) in [5, 5.41) is 7.22. The maximum absolute atomic E-state index is 7.18. The Labute approximate surface area is 480 Å². The number of hydrogen-bond donors (Lipinski definition) is 0. The lowest BCUT2D eigenvalue weighted by molar-refractivity contribution is 0.670. The van der Waals surface area contributed by atoms with E-state index in [0.29, 0.717) is 0 Å². The van der Waals surface area contributed by atoms with Gasteiger partial charge in [0, 0.05) is 16.3 Å². The molecule has 0 aliphatic heterocycles. The van der Waals surface area contributed by atoms with Crippen LogP contribution in [0.3, 0.4) is 0 Å². The van der Waals surface area contributed by atoms with Crippen molar-refractivity contribution in [2.24, 2.45) is 0 Å². The molecule has 83 heavy (non-hydrogen) atoms. The van der Waals surface area contributed by atoms with Gasteiger partial charge in [-0.1, -0.05) is 249 Å². The summed E-state index contributed by atoms with van der Waals surface area (Å²) in [5.74, 6) is 0. The van der Waals surface area contributed by atoms with Gasteiger partial charge in [0.05, 0.1) is 10.8 Å². The molecule has 4 aliphatic rings. The van der Waals surface area contributed by atoms with Crippen LogP contribution in [0.1, 0.15) is 44.5 Å². The molecule has 0 saturated carbocycles. The van der Waals surface area contributed by atoms with Crippen LogP contribution in [0, 0.1) is 0 Å². The minimum absolute atomic E-state index is 0.430. The Morgan fingerprint density at radius 2 is 0.554 bits per heavy atom. The first-order valence-electron chi connectivity index (χ1n) is 29.0. The number of furan rings is 1. The van der Waals surface area contributed by atoms with Crippen LogP contribution in [0.25, 0.3) is 132 Å². The van der Waals surface area contributed by atoms with Crippen molar-refractivity contribution in [3.63, 3.8) is 0 Å². The Kier molecular flexibility index (Phi) is 8.98. The molecule has 14 aromatic carbocycles. The molecule has 1 aromatic heterocycles. The van der Waals surface area contributed by atoms with E-state index in [2.05, 4.69) is 291 Å². The zero-order valence-corrected chi connectivity index (χ0v) is 45.1. The SMILES string of the molecule is c1ccc2c(c1)-c1ccccc1C21c2ccccc2-c2ccc(-c3ccc4oc5c(-c6ccc(-c7cc8ccccc8c8ccccc78)cc6)cc(-c6ccc7c(c6)C6(c8ccccc8-c8ccccc86)c6ccccc6-7)cc5c4c3)cc21. The monoisotopic (exact) mass is 1050 g/mol. The zero-order chi connectivity index (χ0) is 54.1. The van der Waals surface area contributed by atoms with Crippen molar-refractivity contribution in [1.29, 1.82) is 0 Å². The van der Waals surface area contributed by atoms with E-state index in [4.69, 9.17) is 4.42 Å². The Balaban J connectivity index is 0.822. The first-order valence-corrected chi connectivity index (χ1v) is 29.0. The van der Waals surface area contributed by atoms with Gasteiger partial charge >= 0.3 is 0 Å². The average molecular weight is 1050 g/mol. The van der Waals surface area contributed by atoms with Crippen LogP contribution in [0.15, 0.2) is 296 Å². The van der Waals surface area contributed by atoms with Crippen LogP contribution in [0.2, 0.25) is 0 Å². The fourth-order valence-electron chi connectivity index (χ4n) is 16.1.